The van der Waals surface area contributed by atoms with E-state index in [2.05, 4.69) is 10.5 Å². The van der Waals surface area contributed by atoms with E-state index in [4.69, 9.17) is 16.3 Å². The number of para-hydroxylation sites is 1. The van der Waals surface area contributed by atoms with E-state index in [0.717, 1.165) is 21.0 Å². The van der Waals surface area contributed by atoms with Gasteiger partial charge in [0, 0.05) is 10.6 Å². The van der Waals surface area contributed by atoms with Crippen LogP contribution in [0.15, 0.2) is 107 Å². The van der Waals surface area contributed by atoms with Gasteiger partial charge in [-0.05, 0) is 79.1 Å². The Morgan fingerprint density at radius 3 is 2.33 bits per heavy atom. The smallest absolute Gasteiger partial charge is 0.264 e. The molecule has 39 heavy (non-hydrogen) atoms. The third-order valence-electron chi connectivity index (χ3n) is 6.02. The highest BCUT2D eigenvalue weighted by molar-refractivity contribution is 7.92. The Labute approximate surface area is 233 Å². The second kappa shape index (κ2) is 12.6. The van der Waals surface area contributed by atoms with Gasteiger partial charge in [-0.1, -0.05) is 60.1 Å². The molecule has 200 valence electrons. The van der Waals surface area contributed by atoms with Gasteiger partial charge in [0.15, 0.2) is 0 Å². The molecule has 0 spiro atoms. The highest BCUT2D eigenvalue weighted by Crippen LogP contribution is 2.26. The van der Waals surface area contributed by atoms with E-state index in [-0.39, 0.29) is 4.90 Å². The van der Waals surface area contributed by atoms with Crippen LogP contribution in [0, 0.1) is 13.8 Å². The number of nitrogens with one attached hydrogen (secondary N) is 1. The molecule has 7 nitrogen and oxygen atoms in total. The van der Waals surface area contributed by atoms with Crippen molar-refractivity contribution in [1.29, 1.82) is 0 Å². The molecule has 0 heterocycles. The summed E-state index contributed by atoms with van der Waals surface area (Å²) in [6.07, 6.45) is 1.46. The van der Waals surface area contributed by atoms with Crippen LogP contribution in [0.5, 0.6) is 5.75 Å². The molecule has 0 aliphatic heterocycles. The highest BCUT2D eigenvalue weighted by atomic mass is 35.5. The van der Waals surface area contributed by atoms with Gasteiger partial charge in [-0.15, -0.1) is 0 Å². The monoisotopic (exact) mass is 561 g/mol. The molecule has 0 aromatic heterocycles. The van der Waals surface area contributed by atoms with Crippen molar-refractivity contribution in [1.82, 2.24) is 5.43 Å². The van der Waals surface area contributed by atoms with Crippen molar-refractivity contribution in [2.24, 2.45) is 5.10 Å². The van der Waals surface area contributed by atoms with E-state index in [1.807, 2.05) is 74.5 Å². The fraction of sp³-hybridized carbons (Fsp3) is 0.133. The molecule has 1 amide bonds. The number of aryl methyl sites for hydroxylation is 2. The number of rotatable bonds is 10. The van der Waals surface area contributed by atoms with Gasteiger partial charge in [0.05, 0.1) is 16.8 Å². The van der Waals surface area contributed by atoms with Crippen molar-refractivity contribution < 1.29 is 17.9 Å². The van der Waals surface area contributed by atoms with E-state index in [9.17, 15) is 13.2 Å². The van der Waals surface area contributed by atoms with Crippen LogP contribution in [0.4, 0.5) is 5.69 Å². The minimum absolute atomic E-state index is 0.0194. The van der Waals surface area contributed by atoms with Crippen molar-refractivity contribution in [3.8, 4) is 5.75 Å². The van der Waals surface area contributed by atoms with Crippen LogP contribution in [0.2, 0.25) is 5.02 Å². The predicted molar refractivity (Wildman–Crippen MR) is 155 cm³/mol. The quantitative estimate of drug-likeness (QED) is 0.193. The average Bonchev–Trinajstić information content (AvgIpc) is 2.93. The Morgan fingerprint density at radius 1 is 0.923 bits per heavy atom. The molecule has 9 heteroatoms. The van der Waals surface area contributed by atoms with Crippen molar-refractivity contribution in [2.75, 3.05) is 10.8 Å². The molecule has 0 fully saturated rings. The zero-order valence-corrected chi connectivity index (χ0v) is 23.1. The molecule has 0 bridgehead atoms. The summed E-state index contributed by atoms with van der Waals surface area (Å²) in [6.45, 7) is 3.72. The van der Waals surface area contributed by atoms with Crippen LogP contribution >= 0.6 is 11.6 Å². The molecule has 4 aromatic carbocycles. The molecule has 4 aromatic rings. The molecule has 0 atom stereocenters. The second-order valence-electron chi connectivity index (χ2n) is 8.84. The van der Waals surface area contributed by atoms with Gasteiger partial charge in [0.25, 0.3) is 15.9 Å². The molecule has 0 aliphatic rings. The zero-order chi connectivity index (χ0) is 27.8. The standard InChI is InChI=1S/C30H28ClN3O4S/c1-22-12-15-27(18-23(22)2)34(39(36,37)28-16-13-26(31)14-17-28)20-30(35)33-32-19-25-10-6-7-11-29(25)38-21-24-8-4-3-5-9-24/h3-19H,20-21H2,1-2H3,(H,33,35)/b32-19-. The lowest BCUT2D eigenvalue weighted by atomic mass is 10.1. The summed E-state index contributed by atoms with van der Waals surface area (Å²) in [4.78, 5) is 12.9. The van der Waals surface area contributed by atoms with Crippen LogP contribution in [0.3, 0.4) is 0 Å². The Hall–Kier alpha value is -4.14. The van der Waals surface area contributed by atoms with Crippen LogP contribution in [0.25, 0.3) is 0 Å². The maximum absolute atomic E-state index is 13.6. The summed E-state index contributed by atoms with van der Waals surface area (Å²) in [5, 5.41) is 4.47. The number of hydrazone groups is 1. The van der Waals surface area contributed by atoms with Crippen LogP contribution in [0.1, 0.15) is 22.3 Å². The molecular formula is C30H28ClN3O4S. The lowest BCUT2D eigenvalue weighted by Crippen LogP contribution is -2.39. The third kappa shape index (κ3) is 7.25. The van der Waals surface area contributed by atoms with Crippen LogP contribution in [-0.4, -0.2) is 27.1 Å². The van der Waals surface area contributed by atoms with E-state index in [1.165, 1.54) is 30.5 Å². The van der Waals surface area contributed by atoms with Gasteiger partial charge < -0.3 is 4.74 Å². The molecule has 1 N–H and O–H groups in total. The van der Waals surface area contributed by atoms with E-state index in [0.29, 0.717) is 28.6 Å². The van der Waals surface area contributed by atoms with Gasteiger partial charge in [-0.2, -0.15) is 5.10 Å². The van der Waals surface area contributed by atoms with E-state index < -0.39 is 22.5 Å². The van der Waals surface area contributed by atoms with Crippen molar-refractivity contribution in [3.63, 3.8) is 0 Å². The Bertz CT molecular complexity index is 1570. The number of amides is 1. The van der Waals surface area contributed by atoms with Crippen molar-refractivity contribution in [3.05, 3.63) is 124 Å². The predicted octanol–water partition coefficient (Wildman–Crippen LogP) is 5.88. The first-order valence-corrected chi connectivity index (χ1v) is 14.0. The molecule has 4 rings (SSSR count). The van der Waals surface area contributed by atoms with Crippen LogP contribution in [-0.2, 0) is 21.4 Å². The summed E-state index contributed by atoms with van der Waals surface area (Å²) >= 11 is 5.95. The Balaban J connectivity index is 1.51. The number of carbonyl (C=O) groups excluding carboxylic acids is 1. The summed E-state index contributed by atoms with van der Waals surface area (Å²) in [5.41, 5.74) is 6.39. The average molecular weight is 562 g/mol. The zero-order valence-electron chi connectivity index (χ0n) is 21.5. The van der Waals surface area contributed by atoms with Gasteiger partial charge in [-0.25, -0.2) is 13.8 Å². The van der Waals surface area contributed by atoms with E-state index >= 15 is 0 Å². The maximum Gasteiger partial charge on any atom is 0.264 e. The summed E-state index contributed by atoms with van der Waals surface area (Å²) in [5.74, 6) is -0.00822. The van der Waals surface area contributed by atoms with E-state index in [1.54, 1.807) is 12.1 Å². The lowest BCUT2D eigenvalue weighted by Gasteiger charge is -2.24. The topological polar surface area (TPSA) is 88.1 Å². The van der Waals surface area contributed by atoms with Crippen molar-refractivity contribution in [2.45, 2.75) is 25.3 Å². The fourth-order valence-electron chi connectivity index (χ4n) is 3.72. The summed E-state index contributed by atoms with van der Waals surface area (Å²) in [6, 6.07) is 28.1. The number of carbonyl (C=O) groups is 1. The molecule has 0 unspecified atom stereocenters. The molecule has 0 saturated carbocycles. The van der Waals surface area contributed by atoms with Gasteiger partial charge in [0.2, 0.25) is 0 Å². The first kappa shape index (κ1) is 27.9. The highest BCUT2D eigenvalue weighted by Gasteiger charge is 2.27. The lowest BCUT2D eigenvalue weighted by molar-refractivity contribution is -0.119. The summed E-state index contributed by atoms with van der Waals surface area (Å²) in [7, 11) is -4.07. The van der Waals surface area contributed by atoms with Gasteiger partial charge >= 0.3 is 0 Å². The Kier molecular flexibility index (Phi) is 9.01. The number of benzene rings is 4. The first-order valence-electron chi connectivity index (χ1n) is 12.2. The number of halogens is 1. The summed E-state index contributed by atoms with van der Waals surface area (Å²) < 4.78 is 34.1. The molecule has 0 radical (unpaired) electrons. The third-order valence-corrected chi connectivity index (χ3v) is 8.06. The second-order valence-corrected chi connectivity index (χ2v) is 11.1. The number of hydrogen-bond acceptors (Lipinski definition) is 5. The van der Waals surface area contributed by atoms with Crippen LogP contribution < -0.4 is 14.5 Å². The molecule has 0 saturated heterocycles. The number of sulfonamides is 1. The minimum atomic E-state index is -4.07. The fourth-order valence-corrected chi connectivity index (χ4v) is 5.26. The maximum atomic E-state index is 13.6. The number of hydrogen-bond donors (Lipinski definition) is 1. The minimum Gasteiger partial charge on any atom is -0.488 e. The number of nitrogens with zero attached hydrogens (tertiary/aromatic N) is 2. The normalized spacial score (nSPS) is 11.4. The number of anilines is 1. The SMILES string of the molecule is Cc1ccc(N(CC(=O)N/N=C\c2ccccc2OCc2ccccc2)S(=O)(=O)c2ccc(Cl)cc2)cc1C. The largest absolute Gasteiger partial charge is 0.488 e. The van der Waals surface area contributed by atoms with Gasteiger partial charge in [-0.3, -0.25) is 9.10 Å². The van der Waals surface area contributed by atoms with Crippen molar-refractivity contribution >= 4 is 39.4 Å². The first-order chi connectivity index (χ1) is 18.7. The Morgan fingerprint density at radius 2 is 1.62 bits per heavy atom. The van der Waals surface area contributed by atoms with Gasteiger partial charge in [0.1, 0.15) is 18.9 Å². The molecule has 0 aliphatic carbocycles. The molecular weight excluding hydrogens is 534 g/mol. The number of ether oxygens (including phenoxy) is 1.